The van der Waals surface area contributed by atoms with E-state index in [1.54, 1.807) is 0 Å². The average Bonchev–Trinajstić information content (AvgIpc) is 2.49. The largest absolute Gasteiger partial charge is 0.398 e. The second-order valence-corrected chi connectivity index (χ2v) is 3.17. The highest BCUT2D eigenvalue weighted by molar-refractivity contribution is 5.67. The van der Waals surface area contributed by atoms with Gasteiger partial charge in [-0.2, -0.15) is 0 Å². The summed E-state index contributed by atoms with van der Waals surface area (Å²) in [6.45, 7) is 4.38. The van der Waals surface area contributed by atoms with Gasteiger partial charge in [-0.1, -0.05) is 6.07 Å². The predicted octanol–water partition coefficient (Wildman–Crippen LogP) is 1.65. The van der Waals surface area contributed by atoms with E-state index in [-0.39, 0.29) is 0 Å². The molecular formula is C10H14N2. The van der Waals surface area contributed by atoms with Crippen LogP contribution in [0.4, 0.5) is 11.4 Å². The number of fused-ring (bicyclic) bond motifs is 1. The van der Waals surface area contributed by atoms with Crippen LogP contribution in [-0.2, 0) is 6.42 Å². The quantitative estimate of drug-likeness (QED) is 0.636. The number of hydrogen-bond donors (Lipinski definition) is 1. The number of benzene rings is 1. The molecule has 2 nitrogen and oxygen atoms in total. The van der Waals surface area contributed by atoms with Crippen LogP contribution < -0.4 is 10.6 Å². The molecule has 1 aromatic carbocycles. The summed E-state index contributed by atoms with van der Waals surface area (Å²) in [6, 6.07) is 6.17. The van der Waals surface area contributed by atoms with Crippen LogP contribution in [0.25, 0.3) is 0 Å². The van der Waals surface area contributed by atoms with Crippen molar-refractivity contribution in [1.82, 2.24) is 0 Å². The smallest absolute Gasteiger partial charge is 0.0420 e. The molecule has 0 aromatic heterocycles. The molecule has 2 rings (SSSR count). The molecule has 0 unspecified atom stereocenters. The number of nitrogens with two attached hydrogens (primary N) is 1. The molecule has 0 amide bonds. The van der Waals surface area contributed by atoms with Gasteiger partial charge in [0.2, 0.25) is 0 Å². The lowest BCUT2D eigenvalue weighted by Gasteiger charge is -2.16. The van der Waals surface area contributed by atoms with Crippen LogP contribution in [0.3, 0.4) is 0 Å². The third-order valence-electron chi connectivity index (χ3n) is 2.54. The van der Waals surface area contributed by atoms with E-state index < -0.39 is 0 Å². The molecule has 0 fully saturated rings. The summed E-state index contributed by atoms with van der Waals surface area (Å²) in [4.78, 5) is 2.37. The Labute approximate surface area is 73.0 Å². The van der Waals surface area contributed by atoms with Crippen molar-refractivity contribution >= 4 is 11.4 Å². The van der Waals surface area contributed by atoms with Crippen molar-refractivity contribution in [2.75, 3.05) is 23.7 Å². The van der Waals surface area contributed by atoms with Crippen LogP contribution in [0.1, 0.15) is 12.5 Å². The maximum atomic E-state index is 5.86. The van der Waals surface area contributed by atoms with E-state index >= 15 is 0 Å². The van der Waals surface area contributed by atoms with Gasteiger partial charge >= 0.3 is 0 Å². The van der Waals surface area contributed by atoms with Crippen LogP contribution in [-0.4, -0.2) is 13.1 Å². The topological polar surface area (TPSA) is 29.3 Å². The molecule has 2 N–H and O–H groups in total. The fraction of sp³-hybridized carbons (Fsp3) is 0.400. The van der Waals surface area contributed by atoms with Gasteiger partial charge in [-0.15, -0.1) is 0 Å². The Morgan fingerprint density at radius 2 is 2.33 bits per heavy atom. The van der Waals surface area contributed by atoms with Crippen molar-refractivity contribution in [1.29, 1.82) is 0 Å². The van der Waals surface area contributed by atoms with E-state index in [1.165, 1.54) is 11.3 Å². The van der Waals surface area contributed by atoms with Gasteiger partial charge in [0, 0.05) is 30.0 Å². The molecule has 0 saturated heterocycles. The summed E-state index contributed by atoms with van der Waals surface area (Å²) in [6.07, 6.45) is 1.11. The Kier molecular flexibility index (Phi) is 1.68. The highest BCUT2D eigenvalue weighted by Crippen LogP contribution is 2.31. The van der Waals surface area contributed by atoms with E-state index in [0.29, 0.717) is 0 Å². The van der Waals surface area contributed by atoms with Crippen molar-refractivity contribution in [2.45, 2.75) is 13.3 Å². The van der Waals surface area contributed by atoms with Crippen molar-refractivity contribution < 1.29 is 0 Å². The maximum absolute atomic E-state index is 5.86. The first-order valence-corrected chi connectivity index (χ1v) is 4.45. The predicted molar refractivity (Wildman–Crippen MR) is 52.4 cm³/mol. The van der Waals surface area contributed by atoms with Gasteiger partial charge in [-0.05, 0) is 25.5 Å². The number of likely N-dealkylation sites (N-methyl/N-ethyl adjacent to an activating group) is 1. The third-order valence-corrected chi connectivity index (χ3v) is 2.54. The van der Waals surface area contributed by atoms with Gasteiger partial charge in [0.15, 0.2) is 0 Å². The number of anilines is 2. The molecule has 0 aliphatic carbocycles. The van der Waals surface area contributed by atoms with Crippen LogP contribution in [0.15, 0.2) is 18.2 Å². The molecular weight excluding hydrogens is 148 g/mol. The lowest BCUT2D eigenvalue weighted by molar-refractivity contribution is 0.868. The SMILES string of the molecule is CCN1CCc2c(N)cccc21. The Balaban J connectivity index is 2.46. The Bertz CT molecular complexity index is 294. The number of rotatable bonds is 1. The molecule has 0 bridgehead atoms. The molecule has 0 radical (unpaired) electrons. The molecule has 2 heteroatoms. The third kappa shape index (κ3) is 0.951. The summed E-state index contributed by atoms with van der Waals surface area (Å²) in [5.74, 6) is 0. The maximum Gasteiger partial charge on any atom is 0.0420 e. The average molecular weight is 162 g/mol. The molecule has 1 aliphatic heterocycles. The minimum atomic E-state index is 0.948. The fourth-order valence-electron chi connectivity index (χ4n) is 1.86. The minimum Gasteiger partial charge on any atom is -0.398 e. The van der Waals surface area contributed by atoms with E-state index in [0.717, 1.165) is 25.2 Å². The lowest BCUT2D eigenvalue weighted by atomic mass is 10.1. The first-order chi connectivity index (χ1) is 5.83. The summed E-state index contributed by atoms with van der Waals surface area (Å²) in [5.41, 5.74) is 9.47. The van der Waals surface area contributed by atoms with Crippen molar-refractivity contribution in [2.24, 2.45) is 0 Å². The van der Waals surface area contributed by atoms with Gasteiger partial charge < -0.3 is 10.6 Å². The van der Waals surface area contributed by atoms with Gasteiger partial charge in [0.1, 0.15) is 0 Å². The molecule has 12 heavy (non-hydrogen) atoms. The first kappa shape index (κ1) is 7.47. The minimum absolute atomic E-state index is 0.948. The van der Waals surface area contributed by atoms with Crippen LogP contribution in [0.5, 0.6) is 0 Å². The summed E-state index contributed by atoms with van der Waals surface area (Å²) in [5, 5.41) is 0. The van der Waals surface area contributed by atoms with Gasteiger partial charge in [0.05, 0.1) is 0 Å². The van der Waals surface area contributed by atoms with E-state index in [2.05, 4.69) is 17.9 Å². The standard InChI is InChI=1S/C10H14N2/c1-2-12-7-6-8-9(11)4-3-5-10(8)12/h3-5H,2,6-7,11H2,1H3. The van der Waals surface area contributed by atoms with Crippen LogP contribution >= 0.6 is 0 Å². The lowest BCUT2D eigenvalue weighted by Crippen LogP contribution is -2.18. The Hall–Kier alpha value is -1.18. The highest BCUT2D eigenvalue weighted by atomic mass is 15.1. The van der Waals surface area contributed by atoms with Crippen molar-refractivity contribution in [3.8, 4) is 0 Å². The number of nitrogens with zero attached hydrogens (tertiary/aromatic N) is 1. The second-order valence-electron chi connectivity index (χ2n) is 3.17. The number of nitrogen functional groups attached to an aromatic ring is 1. The molecule has 64 valence electrons. The Morgan fingerprint density at radius 1 is 1.50 bits per heavy atom. The summed E-state index contributed by atoms with van der Waals surface area (Å²) < 4.78 is 0. The highest BCUT2D eigenvalue weighted by Gasteiger charge is 2.18. The van der Waals surface area contributed by atoms with E-state index in [9.17, 15) is 0 Å². The fourth-order valence-corrected chi connectivity index (χ4v) is 1.86. The molecule has 1 aromatic rings. The Morgan fingerprint density at radius 3 is 3.08 bits per heavy atom. The van der Waals surface area contributed by atoms with Gasteiger partial charge in [-0.3, -0.25) is 0 Å². The number of hydrogen-bond acceptors (Lipinski definition) is 2. The molecule has 0 saturated carbocycles. The normalized spacial score (nSPS) is 14.9. The zero-order chi connectivity index (χ0) is 8.55. The van der Waals surface area contributed by atoms with Crippen LogP contribution in [0, 0.1) is 0 Å². The van der Waals surface area contributed by atoms with Crippen molar-refractivity contribution in [3.05, 3.63) is 23.8 Å². The zero-order valence-electron chi connectivity index (χ0n) is 7.38. The monoisotopic (exact) mass is 162 g/mol. The molecule has 0 spiro atoms. The summed E-state index contributed by atoms with van der Waals surface area (Å²) in [7, 11) is 0. The van der Waals surface area contributed by atoms with Crippen LogP contribution in [0.2, 0.25) is 0 Å². The zero-order valence-corrected chi connectivity index (χ0v) is 7.38. The van der Waals surface area contributed by atoms with E-state index in [1.807, 2.05) is 12.1 Å². The first-order valence-electron chi connectivity index (χ1n) is 4.45. The summed E-state index contributed by atoms with van der Waals surface area (Å²) >= 11 is 0. The van der Waals surface area contributed by atoms with Gasteiger partial charge in [0.25, 0.3) is 0 Å². The van der Waals surface area contributed by atoms with E-state index in [4.69, 9.17) is 5.73 Å². The molecule has 1 heterocycles. The van der Waals surface area contributed by atoms with Crippen molar-refractivity contribution in [3.63, 3.8) is 0 Å². The van der Waals surface area contributed by atoms with Gasteiger partial charge in [-0.25, -0.2) is 0 Å². The molecule has 1 aliphatic rings. The molecule has 0 atom stereocenters. The second kappa shape index (κ2) is 2.70.